The standard InChI is InChI=1S/C18H25N5O2S/c1-3-22(14-7-5-4-6-8-14)17(25)13(2)26-18-19-20-21-23(18)15-9-11-16(24)12-10-15/h9-14,24H,3-8H2,1-2H3. The highest BCUT2D eigenvalue weighted by Gasteiger charge is 2.29. The van der Waals surface area contributed by atoms with Gasteiger partial charge in [0.2, 0.25) is 11.1 Å². The molecule has 1 atom stereocenters. The first-order valence-corrected chi connectivity index (χ1v) is 10.0. The molecule has 3 rings (SSSR count). The third-order valence-corrected chi connectivity index (χ3v) is 5.82. The first-order valence-electron chi connectivity index (χ1n) is 9.15. The molecule has 1 aliphatic carbocycles. The molecule has 140 valence electrons. The summed E-state index contributed by atoms with van der Waals surface area (Å²) in [6, 6.07) is 7.01. The molecule has 1 saturated carbocycles. The topological polar surface area (TPSA) is 84.1 Å². The van der Waals surface area contributed by atoms with Crippen LogP contribution in [0.3, 0.4) is 0 Å². The van der Waals surface area contributed by atoms with Gasteiger partial charge < -0.3 is 10.0 Å². The van der Waals surface area contributed by atoms with Crippen LogP contribution in [-0.2, 0) is 4.79 Å². The monoisotopic (exact) mass is 375 g/mol. The van der Waals surface area contributed by atoms with Gasteiger partial charge in [-0.2, -0.15) is 4.68 Å². The SMILES string of the molecule is CCN(C(=O)C(C)Sc1nnnn1-c1ccc(O)cc1)C1CCCCC1. The van der Waals surface area contributed by atoms with E-state index in [9.17, 15) is 9.90 Å². The number of carbonyl (C=O) groups excluding carboxylic acids is 1. The smallest absolute Gasteiger partial charge is 0.236 e. The van der Waals surface area contributed by atoms with E-state index in [2.05, 4.69) is 15.5 Å². The predicted molar refractivity (Wildman–Crippen MR) is 100 cm³/mol. The zero-order chi connectivity index (χ0) is 18.5. The minimum absolute atomic E-state index is 0.143. The first kappa shape index (κ1) is 18.7. The summed E-state index contributed by atoms with van der Waals surface area (Å²) in [4.78, 5) is 15.0. The van der Waals surface area contributed by atoms with E-state index in [4.69, 9.17) is 0 Å². The lowest BCUT2D eigenvalue weighted by molar-refractivity contribution is -0.133. The Morgan fingerprint density at radius 2 is 2.00 bits per heavy atom. The average Bonchev–Trinajstić information content (AvgIpc) is 3.12. The second-order valence-corrected chi connectivity index (χ2v) is 7.87. The molecule has 7 nitrogen and oxygen atoms in total. The summed E-state index contributed by atoms with van der Waals surface area (Å²) >= 11 is 1.36. The van der Waals surface area contributed by atoms with E-state index in [-0.39, 0.29) is 16.9 Å². The zero-order valence-electron chi connectivity index (χ0n) is 15.2. The van der Waals surface area contributed by atoms with Gasteiger partial charge in [0, 0.05) is 12.6 Å². The van der Waals surface area contributed by atoms with Crippen LogP contribution < -0.4 is 0 Å². The number of carbonyl (C=O) groups is 1. The third kappa shape index (κ3) is 4.17. The second kappa shape index (κ2) is 8.53. The molecule has 0 spiro atoms. The van der Waals surface area contributed by atoms with Crippen molar-refractivity contribution in [1.29, 1.82) is 0 Å². The summed E-state index contributed by atoms with van der Waals surface area (Å²) in [7, 11) is 0. The van der Waals surface area contributed by atoms with Gasteiger partial charge in [-0.1, -0.05) is 31.0 Å². The van der Waals surface area contributed by atoms with Crippen molar-refractivity contribution >= 4 is 17.7 Å². The summed E-state index contributed by atoms with van der Waals surface area (Å²) in [6.45, 7) is 4.69. The second-order valence-electron chi connectivity index (χ2n) is 6.57. The van der Waals surface area contributed by atoms with Crippen LogP contribution in [0.4, 0.5) is 0 Å². The van der Waals surface area contributed by atoms with Crippen molar-refractivity contribution in [3.63, 3.8) is 0 Å². The fraction of sp³-hybridized carbons (Fsp3) is 0.556. The van der Waals surface area contributed by atoms with E-state index in [1.54, 1.807) is 28.9 Å². The lowest BCUT2D eigenvalue weighted by Crippen LogP contribution is -2.44. The van der Waals surface area contributed by atoms with Crippen molar-refractivity contribution in [2.45, 2.75) is 62.4 Å². The van der Waals surface area contributed by atoms with Crippen LogP contribution in [0.25, 0.3) is 5.69 Å². The number of phenolic OH excluding ortho intramolecular Hbond substituents is 1. The number of tetrazole rings is 1. The Morgan fingerprint density at radius 1 is 1.31 bits per heavy atom. The molecule has 1 N–H and O–H groups in total. The van der Waals surface area contributed by atoms with Gasteiger partial charge >= 0.3 is 0 Å². The van der Waals surface area contributed by atoms with Crippen LogP contribution >= 0.6 is 11.8 Å². The molecule has 1 heterocycles. The zero-order valence-corrected chi connectivity index (χ0v) is 16.0. The maximum atomic E-state index is 13.0. The van der Waals surface area contributed by atoms with Crippen LogP contribution in [0.1, 0.15) is 46.0 Å². The van der Waals surface area contributed by atoms with E-state index in [0.29, 0.717) is 11.2 Å². The summed E-state index contributed by atoms with van der Waals surface area (Å²) in [5, 5.41) is 21.6. The van der Waals surface area contributed by atoms with Gasteiger partial charge in [-0.15, -0.1) is 5.10 Å². The number of thioether (sulfide) groups is 1. The number of hydrogen-bond donors (Lipinski definition) is 1. The summed E-state index contributed by atoms with van der Waals surface area (Å²) in [5.74, 6) is 0.329. The summed E-state index contributed by atoms with van der Waals surface area (Å²) in [6.07, 6.45) is 5.88. The van der Waals surface area contributed by atoms with E-state index in [1.807, 2.05) is 18.7 Å². The molecule has 26 heavy (non-hydrogen) atoms. The number of benzene rings is 1. The molecule has 0 bridgehead atoms. The number of hydrogen-bond acceptors (Lipinski definition) is 6. The fourth-order valence-electron chi connectivity index (χ4n) is 3.44. The van der Waals surface area contributed by atoms with E-state index in [1.165, 1.54) is 31.0 Å². The van der Waals surface area contributed by atoms with Gasteiger partial charge in [0.25, 0.3) is 0 Å². The average molecular weight is 375 g/mol. The van der Waals surface area contributed by atoms with E-state index < -0.39 is 0 Å². The van der Waals surface area contributed by atoms with Crippen molar-refractivity contribution in [3.05, 3.63) is 24.3 Å². The van der Waals surface area contributed by atoms with Gasteiger partial charge in [-0.05, 0) is 61.4 Å². The predicted octanol–water partition coefficient (Wildman–Crippen LogP) is 3.03. The van der Waals surface area contributed by atoms with Crippen molar-refractivity contribution < 1.29 is 9.90 Å². The molecule has 1 fully saturated rings. The lowest BCUT2D eigenvalue weighted by atomic mass is 9.94. The molecule has 8 heteroatoms. The third-order valence-electron chi connectivity index (χ3n) is 4.80. The van der Waals surface area contributed by atoms with E-state index >= 15 is 0 Å². The lowest BCUT2D eigenvalue weighted by Gasteiger charge is -2.35. The largest absolute Gasteiger partial charge is 0.508 e. The van der Waals surface area contributed by atoms with Gasteiger partial charge in [-0.25, -0.2) is 0 Å². The van der Waals surface area contributed by atoms with Crippen LogP contribution in [0.15, 0.2) is 29.4 Å². The number of aromatic nitrogens is 4. The summed E-state index contributed by atoms with van der Waals surface area (Å²) < 4.78 is 1.59. The highest BCUT2D eigenvalue weighted by molar-refractivity contribution is 8.00. The minimum atomic E-state index is -0.265. The molecule has 1 aromatic carbocycles. The Morgan fingerprint density at radius 3 is 2.65 bits per heavy atom. The van der Waals surface area contributed by atoms with Gasteiger partial charge in [-0.3, -0.25) is 4.79 Å². The maximum absolute atomic E-state index is 13.0. The molecule has 1 aliphatic rings. The maximum Gasteiger partial charge on any atom is 0.236 e. The number of rotatable bonds is 6. The quantitative estimate of drug-likeness (QED) is 0.781. The molecule has 2 aromatic rings. The van der Waals surface area contributed by atoms with Crippen LogP contribution in [0.2, 0.25) is 0 Å². The van der Waals surface area contributed by atoms with Crippen LogP contribution in [0.5, 0.6) is 5.75 Å². The first-order chi connectivity index (χ1) is 12.6. The molecule has 0 aliphatic heterocycles. The van der Waals surface area contributed by atoms with Crippen molar-refractivity contribution in [2.24, 2.45) is 0 Å². The molecular weight excluding hydrogens is 350 g/mol. The highest BCUT2D eigenvalue weighted by atomic mass is 32.2. The molecule has 0 radical (unpaired) electrons. The Bertz CT molecular complexity index is 727. The number of aromatic hydroxyl groups is 1. The highest BCUT2D eigenvalue weighted by Crippen LogP contribution is 2.28. The van der Waals surface area contributed by atoms with Crippen LogP contribution in [-0.4, -0.2) is 54.0 Å². The van der Waals surface area contributed by atoms with Gasteiger partial charge in [0.05, 0.1) is 10.9 Å². The normalized spacial score (nSPS) is 16.4. The Labute approximate surface area is 157 Å². The van der Waals surface area contributed by atoms with Gasteiger partial charge in [0.1, 0.15) is 5.75 Å². The molecule has 1 aromatic heterocycles. The Hall–Kier alpha value is -2.09. The molecule has 0 saturated heterocycles. The number of nitrogens with zero attached hydrogens (tertiary/aromatic N) is 5. The Kier molecular flexibility index (Phi) is 6.13. The van der Waals surface area contributed by atoms with Gasteiger partial charge in [0.15, 0.2) is 0 Å². The van der Waals surface area contributed by atoms with Crippen molar-refractivity contribution in [2.75, 3.05) is 6.54 Å². The molecule has 1 unspecified atom stereocenters. The molecular formula is C18H25N5O2S. The number of amides is 1. The molecule has 1 amide bonds. The van der Waals surface area contributed by atoms with Crippen LogP contribution in [0, 0.1) is 0 Å². The minimum Gasteiger partial charge on any atom is -0.508 e. The Balaban J connectivity index is 1.71. The van der Waals surface area contributed by atoms with E-state index in [0.717, 1.165) is 25.1 Å². The van der Waals surface area contributed by atoms with Crippen molar-refractivity contribution in [3.8, 4) is 11.4 Å². The summed E-state index contributed by atoms with van der Waals surface area (Å²) in [5.41, 5.74) is 0.745. The number of phenols is 1. The van der Waals surface area contributed by atoms with Crippen molar-refractivity contribution in [1.82, 2.24) is 25.1 Å². The fourth-order valence-corrected chi connectivity index (χ4v) is 4.31.